The smallest absolute Gasteiger partial charge is 0.317 e. The second-order valence-electron chi connectivity index (χ2n) is 10.2. The summed E-state index contributed by atoms with van der Waals surface area (Å²) < 4.78 is 23.5. The number of carbonyl (C=O) groups is 1. The highest BCUT2D eigenvalue weighted by Gasteiger charge is 2.37. The fourth-order valence-corrected chi connectivity index (χ4v) is 5.77. The van der Waals surface area contributed by atoms with Crippen molar-refractivity contribution in [1.29, 1.82) is 0 Å². The van der Waals surface area contributed by atoms with Crippen LogP contribution in [0.15, 0.2) is 24.3 Å². The van der Waals surface area contributed by atoms with Crippen LogP contribution in [0.25, 0.3) is 0 Å². The van der Waals surface area contributed by atoms with Gasteiger partial charge in [0.15, 0.2) is 9.84 Å². The molecule has 32 heavy (non-hydrogen) atoms. The van der Waals surface area contributed by atoms with Gasteiger partial charge in [-0.3, -0.25) is 0 Å². The molecule has 0 bridgehead atoms. The summed E-state index contributed by atoms with van der Waals surface area (Å²) in [5, 5.41) is 11.9. The number of carbonyl (C=O) groups excluding carboxylic acids is 1. The molecule has 0 aromatic heterocycles. The van der Waals surface area contributed by atoms with Gasteiger partial charge in [0.25, 0.3) is 0 Å². The number of benzene rings is 1. The fraction of sp³-hybridized carbons (Fsp3) is 0.696. The van der Waals surface area contributed by atoms with E-state index in [1.165, 1.54) is 0 Å². The van der Waals surface area contributed by atoms with Crippen LogP contribution in [0, 0.1) is 11.3 Å². The maximum Gasteiger partial charge on any atom is 0.317 e. The molecule has 1 unspecified atom stereocenters. The van der Waals surface area contributed by atoms with Crippen molar-refractivity contribution in [1.82, 2.24) is 10.2 Å². The van der Waals surface area contributed by atoms with Crippen molar-refractivity contribution in [3.8, 4) is 0 Å². The normalized spacial score (nSPS) is 24.2. The van der Waals surface area contributed by atoms with Crippen molar-refractivity contribution in [2.24, 2.45) is 11.3 Å². The molecule has 9 heteroatoms. The molecule has 2 heterocycles. The lowest BCUT2D eigenvalue weighted by molar-refractivity contribution is 0.177. The van der Waals surface area contributed by atoms with Gasteiger partial charge in [0.2, 0.25) is 0 Å². The van der Waals surface area contributed by atoms with Gasteiger partial charge in [0, 0.05) is 50.6 Å². The quantitative estimate of drug-likeness (QED) is 0.703. The number of rotatable bonds is 4. The average Bonchev–Trinajstić information content (AvgIpc) is 2.91. The summed E-state index contributed by atoms with van der Waals surface area (Å²) in [6.45, 7) is 12.1. The van der Waals surface area contributed by atoms with Gasteiger partial charge in [-0.2, -0.15) is 0 Å². The predicted octanol–water partition coefficient (Wildman–Crippen LogP) is 1.80. The predicted molar refractivity (Wildman–Crippen MR) is 129 cm³/mol. The fourth-order valence-electron chi connectivity index (χ4n) is 4.57. The van der Waals surface area contributed by atoms with Crippen molar-refractivity contribution < 1.29 is 18.3 Å². The first-order valence-electron chi connectivity index (χ1n) is 11.5. The minimum absolute atomic E-state index is 0.0561. The molecule has 8 nitrogen and oxygen atoms in total. The first kappa shape index (κ1) is 24.6. The lowest BCUT2D eigenvalue weighted by atomic mass is 9.85. The molecule has 2 aliphatic rings. The molecule has 0 spiro atoms. The van der Waals surface area contributed by atoms with Gasteiger partial charge in [-0.05, 0) is 35.6 Å². The monoisotopic (exact) mass is 466 g/mol. The number of amides is 2. The number of urea groups is 1. The molecular weight excluding hydrogens is 428 g/mol. The Balaban J connectivity index is 1.80. The molecule has 1 aromatic rings. The van der Waals surface area contributed by atoms with Crippen LogP contribution in [0.2, 0.25) is 0 Å². The molecular formula is C23H38N4O4S. The third-order valence-corrected chi connectivity index (χ3v) is 7.98. The topological polar surface area (TPSA) is 93.2 Å². The molecule has 3 rings (SSSR count). The first-order valence-corrected chi connectivity index (χ1v) is 13.3. The standard InChI is InChI=1S/C23H38N4O4S/c1-18-15-26(22(29)24-9-12-28)17-21(23(2,3)4)27(16-18)20-7-5-19(6-8-20)25-10-13-32(30,31)14-11-25/h5-8,18,21,28H,9-17H2,1-4H3,(H,24,29)/t18-,21?/m1/s1. The summed E-state index contributed by atoms with van der Waals surface area (Å²) >= 11 is 0. The van der Waals surface area contributed by atoms with E-state index < -0.39 is 9.84 Å². The molecule has 0 aliphatic carbocycles. The van der Waals surface area contributed by atoms with Crippen LogP contribution in [0.1, 0.15) is 27.7 Å². The summed E-state index contributed by atoms with van der Waals surface area (Å²) in [4.78, 5) is 19.1. The summed E-state index contributed by atoms with van der Waals surface area (Å²) in [6.07, 6.45) is 0. The summed E-state index contributed by atoms with van der Waals surface area (Å²) in [5.41, 5.74) is 2.10. The number of aliphatic hydroxyl groups excluding tert-OH is 1. The van der Waals surface area contributed by atoms with Gasteiger partial charge in [0.05, 0.1) is 24.2 Å². The number of hydrogen-bond donors (Lipinski definition) is 2. The molecule has 2 N–H and O–H groups in total. The van der Waals surface area contributed by atoms with Crippen LogP contribution in [-0.4, -0.2) is 87.9 Å². The molecule has 0 saturated carbocycles. The Morgan fingerprint density at radius 1 is 1.06 bits per heavy atom. The van der Waals surface area contributed by atoms with E-state index in [1.54, 1.807) is 0 Å². The second kappa shape index (κ2) is 9.87. The van der Waals surface area contributed by atoms with E-state index in [0.717, 1.165) is 17.9 Å². The van der Waals surface area contributed by atoms with E-state index in [0.29, 0.717) is 26.2 Å². The zero-order valence-electron chi connectivity index (χ0n) is 19.7. The number of anilines is 2. The van der Waals surface area contributed by atoms with E-state index in [9.17, 15) is 13.2 Å². The van der Waals surface area contributed by atoms with Gasteiger partial charge < -0.3 is 25.1 Å². The highest BCUT2D eigenvalue weighted by Crippen LogP contribution is 2.33. The summed E-state index contributed by atoms with van der Waals surface area (Å²) in [6, 6.07) is 8.38. The molecule has 1 aromatic carbocycles. The highest BCUT2D eigenvalue weighted by molar-refractivity contribution is 7.91. The van der Waals surface area contributed by atoms with Crippen LogP contribution >= 0.6 is 0 Å². The van der Waals surface area contributed by atoms with Gasteiger partial charge in [-0.15, -0.1) is 0 Å². The van der Waals surface area contributed by atoms with Crippen molar-refractivity contribution in [2.75, 3.05) is 67.2 Å². The zero-order chi connectivity index (χ0) is 23.5. The van der Waals surface area contributed by atoms with Crippen LogP contribution in [0.5, 0.6) is 0 Å². The minimum Gasteiger partial charge on any atom is -0.395 e. The van der Waals surface area contributed by atoms with Crippen LogP contribution in [0.4, 0.5) is 16.2 Å². The molecule has 2 saturated heterocycles. The van der Waals surface area contributed by atoms with Gasteiger partial charge in [0.1, 0.15) is 0 Å². The van der Waals surface area contributed by atoms with Crippen LogP contribution in [0.3, 0.4) is 0 Å². The second-order valence-corrected chi connectivity index (χ2v) is 12.5. The van der Waals surface area contributed by atoms with Crippen LogP contribution < -0.4 is 15.1 Å². The highest BCUT2D eigenvalue weighted by atomic mass is 32.2. The van der Waals surface area contributed by atoms with E-state index in [2.05, 4.69) is 67.1 Å². The number of nitrogens with one attached hydrogen (secondary N) is 1. The maximum atomic E-state index is 12.7. The lowest BCUT2D eigenvalue weighted by Gasteiger charge is -2.42. The Morgan fingerprint density at radius 3 is 2.22 bits per heavy atom. The number of sulfone groups is 1. The molecule has 2 aliphatic heterocycles. The van der Waals surface area contributed by atoms with Gasteiger partial charge >= 0.3 is 6.03 Å². The van der Waals surface area contributed by atoms with E-state index in [-0.39, 0.29) is 48.1 Å². The Labute approximate surface area is 192 Å². The zero-order valence-corrected chi connectivity index (χ0v) is 20.6. The third-order valence-electron chi connectivity index (χ3n) is 6.38. The number of aliphatic hydroxyl groups is 1. The largest absolute Gasteiger partial charge is 0.395 e. The molecule has 180 valence electrons. The molecule has 2 amide bonds. The SMILES string of the molecule is C[C@@H]1CN(C(=O)NCCO)CC(C(C)(C)C)N(c2ccc(N3CCS(=O)(=O)CC3)cc2)C1. The Morgan fingerprint density at radius 2 is 1.66 bits per heavy atom. The van der Waals surface area contributed by atoms with Crippen LogP contribution in [-0.2, 0) is 9.84 Å². The van der Waals surface area contributed by atoms with Gasteiger partial charge in [-0.1, -0.05) is 27.7 Å². The molecule has 0 radical (unpaired) electrons. The number of nitrogens with zero attached hydrogens (tertiary/aromatic N) is 3. The first-order chi connectivity index (χ1) is 15.0. The Hall–Kier alpha value is -2.00. The maximum absolute atomic E-state index is 12.7. The van der Waals surface area contributed by atoms with Crippen molar-refractivity contribution in [3.05, 3.63) is 24.3 Å². The summed E-state index contributed by atoms with van der Waals surface area (Å²) in [5.74, 6) is 0.700. The number of hydrogen-bond acceptors (Lipinski definition) is 6. The van der Waals surface area contributed by atoms with E-state index in [1.807, 2.05) is 4.90 Å². The van der Waals surface area contributed by atoms with Crippen molar-refractivity contribution in [2.45, 2.75) is 33.7 Å². The van der Waals surface area contributed by atoms with E-state index >= 15 is 0 Å². The average molecular weight is 467 g/mol. The lowest BCUT2D eigenvalue weighted by Crippen LogP contribution is -2.52. The Kier molecular flexibility index (Phi) is 7.60. The minimum atomic E-state index is -2.90. The van der Waals surface area contributed by atoms with E-state index in [4.69, 9.17) is 5.11 Å². The molecule has 2 atom stereocenters. The summed E-state index contributed by atoms with van der Waals surface area (Å²) in [7, 11) is -2.90. The molecule has 2 fully saturated rings. The Bertz CT molecular complexity index is 868. The third kappa shape index (κ3) is 6.07. The van der Waals surface area contributed by atoms with Crippen molar-refractivity contribution in [3.63, 3.8) is 0 Å². The van der Waals surface area contributed by atoms with Crippen molar-refractivity contribution >= 4 is 27.2 Å². The van der Waals surface area contributed by atoms with Gasteiger partial charge in [-0.25, -0.2) is 13.2 Å².